The second kappa shape index (κ2) is 17.9. The molecule has 10 aromatic carbocycles. The molecule has 0 atom stereocenters. The average Bonchev–Trinajstić information content (AvgIpc) is 3.95. The number of para-hydroxylation sites is 2. The molecule has 0 saturated heterocycles. The van der Waals surface area contributed by atoms with Crippen LogP contribution in [0.4, 0.5) is 5.69 Å². The first-order valence-corrected chi connectivity index (χ1v) is 25.0. The highest BCUT2D eigenvalue weighted by Gasteiger charge is 2.23. The molecule has 3 heterocycles. The SMILES string of the molecule is [C-]#[N+]c1ccc(-n2c3ccccc3c3cc(-c4cc(C)cc(C)c4)ccc32)cc1-c1cc(-c2nc(-c3ccccc3)nc(-c3ccccc3)n2)ccc1-n1c2ccccc2c2cc(-c3cc(C)cc(C)c3)ccc21. The summed E-state index contributed by atoms with van der Waals surface area (Å²) >= 11 is 0. The fraction of sp³-hybridized carbons (Fsp3) is 0.0588. The van der Waals surface area contributed by atoms with Crippen molar-refractivity contribution >= 4 is 49.3 Å². The predicted molar refractivity (Wildman–Crippen MR) is 306 cm³/mol. The Morgan fingerprint density at radius 2 is 0.770 bits per heavy atom. The van der Waals surface area contributed by atoms with Crippen LogP contribution in [0.25, 0.3) is 127 Å². The molecule has 0 aliphatic heterocycles. The Morgan fingerprint density at radius 3 is 1.30 bits per heavy atom. The van der Waals surface area contributed by atoms with Gasteiger partial charge >= 0.3 is 0 Å². The van der Waals surface area contributed by atoms with Gasteiger partial charge in [0.25, 0.3) is 0 Å². The Bertz CT molecular complexity index is 4320. The molecule has 0 N–H and O–H groups in total. The zero-order chi connectivity index (χ0) is 50.0. The molecule has 13 rings (SSSR count). The summed E-state index contributed by atoms with van der Waals surface area (Å²) < 4.78 is 4.71. The topological polar surface area (TPSA) is 52.9 Å². The fourth-order valence-electron chi connectivity index (χ4n) is 11.1. The minimum absolute atomic E-state index is 0.536. The molecule has 0 aliphatic rings. The summed E-state index contributed by atoms with van der Waals surface area (Å²) in [6.45, 7) is 17.4. The van der Waals surface area contributed by atoms with E-state index < -0.39 is 0 Å². The van der Waals surface area contributed by atoms with Gasteiger partial charge in [0, 0.05) is 43.9 Å². The molecular weight excluding hydrogens is 901 g/mol. The third kappa shape index (κ3) is 7.71. The van der Waals surface area contributed by atoms with Gasteiger partial charge in [-0.05, 0) is 128 Å². The van der Waals surface area contributed by atoms with Gasteiger partial charge in [-0.1, -0.05) is 174 Å². The van der Waals surface area contributed by atoms with Crippen LogP contribution >= 0.6 is 0 Å². The molecule has 0 radical (unpaired) electrons. The highest BCUT2D eigenvalue weighted by molar-refractivity contribution is 6.12. The zero-order valence-corrected chi connectivity index (χ0v) is 41.5. The van der Waals surface area contributed by atoms with Crippen molar-refractivity contribution in [2.75, 3.05) is 0 Å². The Kier molecular flexibility index (Phi) is 10.7. The molecule has 6 heteroatoms. The summed E-state index contributed by atoms with van der Waals surface area (Å²) in [5.74, 6) is 1.70. The summed E-state index contributed by atoms with van der Waals surface area (Å²) in [6, 6.07) is 77.2. The molecular formula is C68H48N6. The van der Waals surface area contributed by atoms with Crippen molar-refractivity contribution in [2.24, 2.45) is 0 Å². The summed E-state index contributed by atoms with van der Waals surface area (Å²) in [5.41, 5.74) is 20.7. The van der Waals surface area contributed by atoms with Gasteiger partial charge in [0.15, 0.2) is 23.2 Å². The van der Waals surface area contributed by atoms with Gasteiger partial charge in [0.2, 0.25) is 0 Å². The van der Waals surface area contributed by atoms with E-state index in [2.05, 4.69) is 193 Å². The minimum atomic E-state index is 0.536. The maximum Gasteiger partial charge on any atom is 0.195 e. The molecule has 0 spiro atoms. The van der Waals surface area contributed by atoms with Gasteiger partial charge in [0.05, 0.1) is 34.3 Å². The largest absolute Gasteiger partial charge is 0.309 e. The van der Waals surface area contributed by atoms with Gasteiger partial charge in [-0.25, -0.2) is 19.8 Å². The van der Waals surface area contributed by atoms with Gasteiger partial charge in [-0.15, -0.1) is 0 Å². The van der Waals surface area contributed by atoms with E-state index in [0.717, 1.165) is 83.0 Å². The van der Waals surface area contributed by atoms with Gasteiger partial charge in [-0.3, -0.25) is 0 Å². The number of hydrogen-bond donors (Lipinski definition) is 0. The fourth-order valence-corrected chi connectivity index (χ4v) is 11.1. The first-order valence-electron chi connectivity index (χ1n) is 25.0. The molecule has 6 nitrogen and oxygen atoms in total. The van der Waals surface area contributed by atoms with E-state index in [9.17, 15) is 0 Å². The van der Waals surface area contributed by atoms with Crippen LogP contribution in [0.2, 0.25) is 0 Å². The average molecular weight is 949 g/mol. The molecule has 0 saturated carbocycles. The molecule has 74 heavy (non-hydrogen) atoms. The standard InChI is InChI=1S/C68H48N6/c1-42-32-43(2)35-51(34-42)48-24-29-63-57(38-48)54-20-12-14-22-61(54)73(63)53-27-28-60(69-5)56(41-53)59-40-50(68-71-66(46-16-8-6-9-17-46)70-67(72-68)47-18-10-7-11-19-47)26-31-65(59)74-62-23-15-13-21-55(62)58-39-49(25-30-64(58)74)52-36-44(3)33-45(4)37-52/h6-41H,1-4H3. The maximum atomic E-state index is 8.76. The molecule has 350 valence electrons. The monoisotopic (exact) mass is 948 g/mol. The lowest BCUT2D eigenvalue weighted by molar-refractivity contribution is 1.07. The van der Waals surface area contributed by atoms with E-state index >= 15 is 0 Å². The van der Waals surface area contributed by atoms with Crippen LogP contribution in [0, 0.1) is 34.3 Å². The normalized spacial score (nSPS) is 11.5. The summed E-state index contributed by atoms with van der Waals surface area (Å²) in [6.07, 6.45) is 0. The smallest absolute Gasteiger partial charge is 0.195 e. The van der Waals surface area contributed by atoms with Crippen LogP contribution in [0.5, 0.6) is 0 Å². The quantitative estimate of drug-likeness (QED) is 0.143. The van der Waals surface area contributed by atoms with Crippen molar-refractivity contribution in [3.8, 4) is 78.9 Å². The molecule has 13 aromatic rings. The molecule has 3 aromatic heterocycles. The number of fused-ring (bicyclic) bond motifs is 6. The van der Waals surface area contributed by atoms with Crippen molar-refractivity contribution in [2.45, 2.75) is 27.7 Å². The Labute approximate surface area is 430 Å². The van der Waals surface area contributed by atoms with Crippen molar-refractivity contribution in [1.29, 1.82) is 0 Å². The lowest BCUT2D eigenvalue weighted by atomic mass is 9.97. The highest BCUT2D eigenvalue weighted by Crippen LogP contribution is 2.44. The van der Waals surface area contributed by atoms with Crippen LogP contribution in [-0.4, -0.2) is 24.1 Å². The van der Waals surface area contributed by atoms with E-state index in [1.807, 2.05) is 66.7 Å². The predicted octanol–water partition coefficient (Wildman–Crippen LogP) is 17.9. The molecule has 0 fully saturated rings. The lowest BCUT2D eigenvalue weighted by Crippen LogP contribution is -2.02. The third-order valence-electron chi connectivity index (χ3n) is 14.3. The van der Waals surface area contributed by atoms with Gasteiger partial charge in [0.1, 0.15) is 0 Å². The van der Waals surface area contributed by atoms with Crippen LogP contribution in [-0.2, 0) is 0 Å². The van der Waals surface area contributed by atoms with Crippen molar-refractivity contribution in [3.05, 3.63) is 252 Å². The first-order chi connectivity index (χ1) is 36.2. The van der Waals surface area contributed by atoms with Crippen LogP contribution in [0.3, 0.4) is 0 Å². The second-order valence-electron chi connectivity index (χ2n) is 19.5. The first kappa shape index (κ1) is 44.3. The number of aromatic nitrogens is 5. The Balaban J connectivity index is 1.07. The third-order valence-corrected chi connectivity index (χ3v) is 14.3. The Hall–Kier alpha value is -9.70. The van der Waals surface area contributed by atoms with E-state index in [-0.39, 0.29) is 0 Å². The lowest BCUT2D eigenvalue weighted by Gasteiger charge is -2.18. The van der Waals surface area contributed by atoms with Crippen LogP contribution < -0.4 is 0 Å². The molecule has 0 bridgehead atoms. The summed E-state index contributed by atoms with van der Waals surface area (Å²) in [5, 5.41) is 4.62. The number of nitrogens with zero attached hydrogens (tertiary/aromatic N) is 6. The number of aryl methyl sites for hydroxylation is 4. The van der Waals surface area contributed by atoms with E-state index in [1.54, 1.807) is 0 Å². The van der Waals surface area contributed by atoms with E-state index in [1.165, 1.54) is 44.3 Å². The number of rotatable bonds is 8. The second-order valence-corrected chi connectivity index (χ2v) is 19.5. The Morgan fingerprint density at radius 1 is 0.324 bits per heavy atom. The molecule has 0 unspecified atom stereocenters. The van der Waals surface area contributed by atoms with E-state index in [4.69, 9.17) is 21.5 Å². The van der Waals surface area contributed by atoms with Gasteiger partial charge < -0.3 is 9.13 Å². The van der Waals surface area contributed by atoms with Crippen LogP contribution in [0.1, 0.15) is 22.3 Å². The van der Waals surface area contributed by atoms with Crippen molar-refractivity contribution in [1.82, 2.24) is 24.1 Å². The maximum absolute atomic E-state index is 8.76. The van der Waals surface area contributed by atoms with E-state index in [0.29, 0.717) is 23.2 Å². The number of hydrogen-bond acceptors (Lipinski definition) is 3. The minimum Gasteiger partial charge on any atom is -0.309 e. The molecule has 0 amide bonds. The summed E-state index contributed by atoms with van der Waals surface area (Å²) in [7, 11) is 0. The molecule has 0 aliphatic carbocycles. The van der Waals surface area contributed by atoms with Gasteiger partial charge in [-0.2, -0.15) is 0 Å². The highest BCUT2D eigenvalue weighted by atomic mass is 15.0. The zero-order valence-electron chi connectivity index (χ0n) is 41.5. The number of benzene rings is 10. The van der Waals surface area contributed by atoms with Crippen molar-refractivity contribution < 1.29 is 0 Å². The summed E-state index contributed by atoms with van der Waals surface area (Å²) in [4.78, 5) is 19.7. The van der Waals surface area contributed by atoms with Crippen molar-refractivity contribution in [3.63, 3.8) is 0 Å². The van der Waals surface area contributed by atoms with Crippen LogP contribution in [0.15, 0.2) is 218 Å².